The molecule has 1 aromatic carbocycles. The molecule has 1 aliphatic rings. The number of furan rings is 1. The number of likely N-dealkylation sites (tertiary alicyclic amines) is 1. The van der Waals surface area contributed by atoms with Crippen molar-refractivity contribution in [3.05, 3.63) is 71.4 Å². The Kier molecular flexibility index (Phi) is 5.41. The first-order valence-electron chi connectivity index (χ1n) is 9.82. The van der Waals surface area contributed by atoms with Crippen molar-refractivity contribution in [3.63, 3.8) is 0 Å². The van der Waals surface area contributed by atoms with Gasteiger partial charge in [0.05, 0.1) is 23.7 Å². The summed E-state index contributed by atoms with van der Waals surface area (Å²) in [5.74, 6) is 1.05. The second-order valence-corrected chi connectivity index (χ2v) is 7.30. The van der Waals surface area contributed by atoms with Crippen LogP contribution < -0.4 is 5.32 Å². The Bertz CT molecular complexity index is 848. The van der Waals surface area contributed by atoms with Gasteiger partial charge < -0.3 is 9.73 Å². The number of nitrogens with zero attached hydrogens (tertiary/aromatic N) is 3. The van der Waals surface area contributed by atoms with E-state index in [-0.39, 0.29) is 0 Å². The van der Waals surface area contributed by atoms with Crippen LogP contribution in [0.2, 0.25) is 0 Å². The molecule has 2 aromatic heterocycles. The Morgan fingerprint density at radius 2 is 1.85 bits per heavy atom. The predicted octanol–water partition coefficient (Wildman–Crippen LogP) is 4.01. The fourth-order valence-corrected chi connectivity index (χ4v) is 4.03. The van der Waals surface area contributed by atoms with Gasteiger partial charge in [-0.25, -0.2) is 4.68 Å². The third kappa shape index (κ3) is 3.84. The lowest BCUT2D eigenvalue weighted by atomic mass is 10.1. The maximum atomic E-state index is 5.72. The Morgan fingerprint density at radius 1 is 1.07 bits per heavy atom. The molecule has 1 saturated heterocycles. The zero-order chi connectivity index (χ0) is 18.6. The quantitative estimate of drug-likeness (QED) is 0.688. The lowest BCUT2D eigenvalue weighted by molar-refractivity contribution is 0.209. The van der Waals surface area contributed by atoms with Crippen molar-refractivity contribution in [2.75, 3.05) is 19.6 Å². The molecule has 3 aromatic rings. The number of aryl methyl sites for hydroxylation is 1. The zero-order valence-electron chi connectivity index (χ0n) is 16.2. The lowest BCUT2D eigenvalue weighted by Gasteiger charge is -2.26. The molecule has 0 amide bonds. The first-order valence-corrected chi connectivity index (χ1v) is 9.82. The van der Waals surface area contributed by atoms with Crippen LogP contribution in [-0.4, -0.2) is 34.3 Å². The van der Waals surface area contributed by atoms with Crippen LogP contribution >= 0.6 is 0 Å². The number of nitrogens with one attached hydrogen (secondary N) is 1. The topological polar surface area (TPSA) is 46.2 Å². The first-order chi connectivity index (χ1) is 13.2. The van der Waals surface area contributed by atoms with Gasteiger partial charge in [-0.15, -0.1) is 0 Å². The highest BCUT2D eigenvalue weighted by atomic mass is 16.3. The minimum atomic E-state index is 0.298. The number of rotatable bonds is 7. The molecule has 142 valence electrons. The first kappa shape index (κ1) is 18.0. The molecule has 1 fully saturated rings. The van der Waals surface area contributed by atoms with Crippen molar-refractivity contribution >= 4 is 0 Å². The van der Waals surface area contributed by atoms with Gasteiger partial charge >= 0.3 is 0 Å². The van der Waals surface area contributed by atoms with E-state index in [1.165, 1.54) is 24.1 Å². The molecular formula is C22H28N4O. The van der Waals surface area contributed by atoms with Crippen LogP contribution in [0.25, 0.3) is 5.69 Å². The van der Waals surface area contributed by atoms with Crippen LogP contribution in [0.1, 0.15) is 41.6 Å². The lowest BCUT2D eigenvalue weighted by Crippen LogP contribution is -2.33. The highest BCUT2D eigenvalue weighted by molar-refractivity contribution is 5.36. The monoisotopic (exact) mass is 364 g/mol. The number of para-hydroxylation sites is 1. The Labute approximate surface area is 161 Å². The average Bonchev–Trinajstić information content (AvgIpc) is 3.44. The van der Waals surface area contributed by atoms with E-state index in [4.69, 9.17) is 9.52 Å². The van der Waals surface area contributed by atoms with Gasteiger partial charge in [0, 0.05) is 24.3 Å². The zero-order valence-corrected chi connectivity index (χ0v) is 16.2. The second kappa shape index (κ2) is 8.11. The summed E-state index contributed by atoms with van der Waals surface area (Å²) in [5.41, 5.74) is 4.66. The third-order valence-electron chi connectivity index (χ3n) is 5.53. The summed E-state index contributed by atoms with van der Waals surface area (Å²) in [6.45, 7) is 8.23. The third-order valence-corrected chi connectivity index (χ3v) is 5.53. The van der Waals surface area contributed by atoms with Gasteiger partial charge in [-0.05, 0) is 64.0 Å². The number of benzene rings is 1. The van der Waals surface area contributed by atoms with Crippen molar-refractivity contribution < 1.29 is 4.42 Å². The standard InChI is InChI=1S/C22H28N4O/c1-17-20(18(2)26(24-17)19-9-4-3-5-10-19)15-23-16-21(22-11-8-14-27-22)25-12-6-7-13-25/h3-5,8-11,14,21,23H,6-7,12-13,15-16H2,1-2H3/t21-/m0/s1. The maximum Gasteiger partial charge on any atom is 0.122 e. The summed E-state index contributed by atoms with van der Waals surface area (Å²) in [4.78, 5) is 2.53. The van der Waals surface area contributed by atoms with Crippen molar-refractivity contribution in [2.45, 2.75) is 39.3 Å². The molecule has 0 radical (unpaired) electrons. The molecule has 0 spiro atoms. The Morgan fingerprint density at radius 3 is 2.56 bits per heavy atom. The fraction of sp³-hybridized carbons (Fsp3) is 0.409. The van der Waals surface area contributed by atoms with Crippen LogP contribution in [0.3, 0.4) is 0 Å². The van der Waals surface area contributed by atoms with Gasteiger partial charge in [-0.3, -0.25) is 4.90 Å². The normalized spacial score (nSPS) is 16.1. The molecular weight excluding hydrogens is 336 g/mol. The van der Waals surface area contributed by atoms with E-state index in [0.717, 1.165) is 43.3 Å². The fourth-order valence-electron chi connectivity index (χ4n) is 4.03. The van der Waals surface area contributed by atoms with Crippen LogP contribution in [0.5, 0.6) is 0 Å². The summed E-state index contributed by atoms with van der Waals surface area (Å²) >= 11 is 0. The number of hydrogen-bond donors (Lipinski definition) is 1. The molecule has 1 N–H and O–H groups in total. The second-order valence-electron chi connectivity index (χ2n) is 7.30. The number of aromatic nitrogens is 2. The summed E-state index contributed by atoms with van der Waals surface area (Å²) < 4.78 is 7.76. The SMILES string of the molecule is Cc1nn(-c2ccccc2)c(C)c1CNC[C@@H](c1ccco1)N1CCCC1. The van der Waals surface area contributed by atoms with Crippen LogP contribution in [-0.2, 0) is 6.54 Å². The molecule has 0 saturated carbocycles. The Hall–Kier alpha value is -2.37. The minimum Gasteiger partial charge on any atom is -0.468 e. The summed E-state index contributed by atoms with van der Waals surface area (Å²) in [6, 6.07) is 14.7. The van der Waals surface area contributed by atoms with Crippen LogP contribution in [0.15, 0.2) is 53.1 Å². The highest BCUT2D eigenvalue weighted by Crippen LogP contribution is 2.25. The van der Waals surface area contributed by atoms with Gasteiger partial charge in [-0.2, -0.15) is 5.10 Å². The number of hydrogen-bond acceptors (Lipinski definition) is 4. The molecule has 27 heavy (non-hydrogen) atoms. The van der Waals surface area contributed by atoms with E-state index in [1.54, 1.807) is 6.26 Å². The van der Waals surface area contributed by atoms with Crippen LogP contribution in [0.4, 0.5) is 0 Å². The molecule has 0 aliphatic carbocycles. The van der Waals surface area contributed by atoms with Gasteiger partial charge in [0.25, 0.3) is 0 Å². The van der Waals surface area contributed by atoms with Crippen LogP contribution in [0, 0.1) is 13.8 Å². The van der Waals surface area contributed by atoms with Gasteiger partial charge in [0.15, 0.2) is 0 Å². The van der Waals surface area contributed by atoms with Crippen molar-refractivity contribution in [1.82, 2.24) is 20.0 Å². The largest absolute Gasteiger partial charge is 0.468 e. The molecule has 0 bridgehead atoms. The summed E-state index contributed by atoms with van der Waals surface area (Å²) in [6.07, 6.45) is 4.33. The molecule has 4 rings (SSSR count). The van der Waals surface area contributed by atoms with E-state index in [9.17, 15) is 0 Å². The summed E-state index contributed by atoms with van der Waals surface area (Å²) in [5, 5.41) is 8.41. The molecule has 0 unspecified atom stereocenters. The molecule has 1 atom stereocenters. The van der Waals surface area contributed by atoms with E-state index in [0.29, 0.717) is 6.04 Å². The van der Waals surface area contributed by atoms with Gasteiger partial charge in [0.1, 0.15) is 5.76 Å². The van der Waals surface area contributed by atoms with Crippen molar-refractivity contribution in [1.29, 1.82) is 0 Å². The van der Waals surface area contributed by atoms with E-state index >= 15 is 0 Å². The molecule has 3 heterocycles. The average molecular weight is 364 g/mol. The maximum absolute atomic E-state index is 5.72. The summed E-state index contributed by atoms with van der Waals surface area (Å²) in [7, 11) is 0. The van der Waals surface area contributed by atoms with E-state index in [1.807, 2.05) is 28.9 Å². The molecule has 5 heteroatoms. The Balaban J connectivity index is 1.46. The van der Waals surface area contributed by atoms with Gasteiger partial charge in [0.2, 0.25) is 0 Å². The van der Waals surface area contributed by atoms with Crippen molar-refractivity contribution in [2.24, 2.45) is 0 Å². The van der Waals surface area contributed by atoms with Crippen molar-refractivity contribution in [3.8, 4) is 5.69 Å². The molecule has 5 nitrogen and oxygen atoms in total. The minimum absolute atomic E-state index is 0.298. The smallest absolute Gasteiger partial charge is 0.122 e. The molecule has 1 aliphatic heterocycles. The highest BCUT2D eigenvalue weighted by Gasteiger charge is 2.25. The van der Waals surface area contributed by atoms with Gasteiger partial charge in [-0.1, -0.05) is 18.2 Å². The van der Waals surface area contributed by atoms with E-state index < -0.39 is 0 Å². The predicted molar refractivity (Wildman–Crippen MR) is 107 cm³/mol. The van der Waals surface area contributed by atoms with E-state index in [2.05, 4.69) is 42.3 Å².